The Labute approximate surface area is 238 Å². The second kappa shape index (κ2) is 13.0. The fourth-order valence-corrected chi connectivity index (χ4v) is 5.49. The van der Waals surface area contributed by atoms with E-state index in [1.165, 1.54) is 33.4 Å². The molecule has 0 amide bonds. The zero-order valence-corrected chi connectivity index (χ0v) is 27.6. The van der Waals surface area contributed by atoms with Gasteiger partial charge in [0.15, 0.2) is 0 Å². The molecule has 0 saturated carbocycles. The number of terminal acetylenes is 1. The van der Waals surface area contributed by atoms with E-state index in [4.69, 9.17) is 15.3 Å². The van der Waals surface area contributed by atoms with Crippen LogP contribution in [0.3, 0.4) is 0 Å². The monoisotopic (exact) mass is 544 g/mol. The van der Waals surface area contributed by atoms with Crippen molar-refractivity contribution in [3.05, 3.63) is 76.4 Å². The lowest BCUT2D eigenvalue weighted by molar-refractivity contribution is 0.0829. The Kier molecular flexibility index (Phi) is 11.0. The van der Waals surface area contributed by atoms with Gasteiger partial charge in [-0.15, -0.1) is 6.42 Å². The quantitative estimate of drug-likeness (QED) is 0.207. The zero-order valence-electron chi connectivity index (χ0n) is 25.6. The molecule has 2 nitrogen and oxygen atoms in total. The Bertz CT molecular complexity index is 1140. The lowest BCUT2D eigenvalue weighted by Crippen LogP contribution is -2.34. The molecule has 0 spiro atoms. The van der Waals surface area contributed by atoms with Crippen LogP contribution in [0.25, 0.3) is 5.57 Å². The van der Waals surface area contributed by atoms with Crippen LogP contribution in [-0.4, -0.2) is 19.5 Å². The molecule has 0 aromatic heterocycles. The van der Waals surface area contributed by atoms with Gasteiger partial charge >= 0.3 is 0 Å². The van der Waals surface area contributed by atoms with E-state index in [0.717, 1.165) is 19.3 Å². The first-order valence-electron chi connectivity index (χ1n) is 13.8. The normalized spacial score (nSPS) is 13.5. The van der Waals surface area contributed by atoms with Gasteiger partial charge in [0.05, 0.1) is 11.2 Å². The summed E-state index contributed by atoms with van der Waals surface area (Å²) in [6.07, 6.45) is 10.3. The standard InChI is InChI=1S/C34H48O2Si2/c1-13-16-27(14-2)28-18-15-17-25(23-28)19-20-26-21-22-29(33(9,10)35-37-31(3,4)5)30(24-26)34(11,12)36-38-32(6,7)8/h1,15-18,21-24H,14,19-20H2,2-12H3. The van der Waals surface area contributed by atoms with Crippen molar-refractivity contribution in [3.8, 4) is 12.3 Å². The number of hydrogen-bond acceptors (Lipinski definition) is 2. The minimum absolute atomic E-state index is 0.116. The minimum Gasteiger partial charge on any atom is -0.408 e. The predicted molar refractivity (Wildman–Crippen MR) is 167 cm³/mol. The van der Waals surface area contributed by atoms with E-state index in [1.54, 1.807) is 0 Å². The summed E-state index contributed by atoms with van der Waals surface area (Å²) in [5.74, 6) is 2.69. The molecule has 38 heavy (non-hydrogen) atoms. The molecule has 0 fully saturated rings. The van der Waals surface area contributed by atoms with Gasteiger partial charge in [0.25, 0.3) is 0 Å². The molecule has 0 saturated heterocycles. The van der Waals surface area contributed by atoms with E-state index in [9.17, 15) is 0 Å². The molecule has 0 aliphatic heterocycles. The third-order valence-electron chi connectivity index (χ3n) is 6.24. The van der Waals surface area contributed by atoms with Crippen molar-refractivity contribution in [1.82, 2.24) is 0 Å². The van der Waals surface area contributed by atoms with Crippen molar-refractivity contribution < 1.29 is 8.85 Å². The minimum atomic E-state index is -0.432. The molecule has 0 aliphatic rings. The molecular formula is C34H48O2Si2. The molecule has 4 heteroatoms. The highest BCUT2D eigenvalue weighted by molar-refractivity contribution is 6.32. The molecule has 0 aliphatic carbocycles. The number of rotatable bonds is 11. The highest BCUT2D eigenvalue weighted by Gasteiger charge is 2.34. The maximum absolute atomic E-state index is 6.61. The molecule has 0 bridgehead atoms. The molecule has 0 heterocycles. The topological polar surface area (TPSA) is 18.5 Å². The summed E-state index contributed by atoms with van der Waals surface area (Å²) in [5.41, 5.74) is 6.63. The Hall–Kier alpha value is -1.91. The number of allylic oxidation sites excluding steroid dienone is 2. The summed E-state index contributed by atoms with van der Waals surface area (Å²) in [6.45, 7) is 24.3. The first-order valence-corrected chi connectivity index (χ1v) is 15.6. The van der Waals surface area contributed by atoms with Crippen molar-refractivity contribution in [3.63, 3.8) is 0 Å². The first kappa shape index (κ1) is 32.3. The number of benzene rings is 2. The first-order chi connectivity index (χ1) is 17.5. The summed E-state index contributed by atoms with van der Waals surface area (Å²) >= 11 is 0. The highest BCUT2D eigenvalue weighted by Crippen LogP contribution is 2.39. The summed E-state index contributed by atoms with van der Waals surface area (Å²) in [5, 5.41) is 0.240. The second-order valence-corrected chi connectivity index (χ2v) is 17.0. The highest BCUT2D eigenvalue weighted by atomic mass is 28.2. The third kappa shape index (κ3) is 10.0. The largest absolute Gasteiger partial charge is 0.408 e. The summed E-state index contributed by atoms with van der Waals surface area (Å²) < 4.78 is 13.2. The van der Waals surface area contributed by atoms with Crippen LogP contribution in [0.4, 0.5) is 0 Å². The van der Waals surface area contributed by atoms with Crippen LogP contribution in [0.5, 0.6) is 0 Å². The molecule has 2 aromatic carbocycles. The SMILES string of the molecule is C#CC=C(CC)c1cccc(CCc2ccc(C(C)(C)O[Si]C(C)(C)C)c(C(C)(C)O[Si]C(C)(C)C)c2)c1. The van der Waals surface area contributed by atoms with E-state index >= 15 is 0 Å². The summed E-state index contributed by atoms with van der Waals surface area (Å²) in [4.78, 5) is 0. The van der Waals surface area contributed by atoms with Gasteiger partial charge in [-0.3, -0.25) is 0 Å². The van der Waals surface area contributed by atoms with Gasteiger partial charge in [0, 0.05) is 0 Å². The van der Waals surface area contributed by atoms with Gasteiger partial charge in [-0.1, -0.05) is 96.9 Å². The number of hydrogen-bond donors (Lipinski definition) is 0. The van der Waals surface area contributed by atoms with Gasteiger partial charge < -0.3 is 8.85 Å². The van der Waals surface area contributed by atoms with Gasteiger partial charge in [-0.05, 0) is 96.5 Å². The summed E-state index contributed by atoms with van der Waals surface area (Å²) in [6, 6.07) is 15.7. The van der Waals surface area contributed by atoms with E-state index in [2.05, 4.69) is 125 Å². The molecule has 0 atom stereocenters. The van der Waals surface area contributed by atoms with Gasteiger partial charge in [-0.25, -0.2) is 0 Å². The molecule has 4 radical (unpaired) electrons. The van der Waals surface area contributed by atoms with Crippen molar-refractivity contribution >= 4 is 25.1 Å². The maximum atomic E-state index is 6.61. The van der Waals surface area contributed by atoms with Crippen LogP contribution in [0.15, 0.2) is 48.5 Å². The van der Waals surface area contributed by atoms with Gasteiger partial charge in [-0.2, -0.15) is 0 Å². The average Bonchev–Trinajstić information content (AvgIpc) is 2.83. The smallest absolute Gasteiger partial charge is 0.236 e. The fraction of sp³-hybridized carbons (Fsp3) is 0.529. The fourth-order valence-electron chi connectivity index (χ4n) is 4.15. The Morgan fingerprint density at radius 3 is 1.79 bits per heavy atom. The predicted octanol–water partition coefficient (Wildman–Crippen LogP) is 9.08. The lowest BCUT2D eigenvalue weighted by Gasteiger charge is -2.37. The molecule has 0 unspecified atom stereocenters. The Morgan fingerprint density at radius 1 is 0.763 bits per heavy atom. The van der Waals surface area contributed by atoms with Crippen molar-refractivity contribution in [2.45, 2.75) is 117 Å². The van der Waals surface area contributed by atoms with Crippen LogP contribution >= 0.6 is 0 Å². The van der Waals surface area contributed by atoms with E-state index < -0.39 is 11.2 Å². The maximum Gasteiger partial charge on any atom is 0.236 e. The van der Waals surface area contributed by atoms with Gasteiger partial charge in [0.2, 0.25) is 19.5 Å². The molecule has 2 aromatic rings. The molecule has 204 valence electrons. The van der Waals surface area contributed by atoms with Crippen LogP contribution in [-0.2, 0) is 32.9 Å². The van der Waals surface area contributed by atoms with E-state index in [1.807, 2.05) is 6.08 Å². The van der Waals surface area contributed by atoms with Crippen molar-refractivity contribution in [2.24, 2.45) is 0 Å². The Morgan fingerprint density at radius 2 is 1.29 bits per heavy atom. The lowest BCUT2D eigenvalue weighted by atomic mass is 9.84. The van der Waals surface area contributed by atoms with E-state index in [0.29, 0.717) is 19.5 Å². The second-order valence-electron chi connectivity index (χ2n) is 13.2. The zero-order chi connectivity index (χ0) is 28.8. The number of aryl methyl sites for hydroxylation is 2. The van der Waals surface area contributed by atoms with E-state index in [-0.39, 0.29) is 10.1 Å². The Balaban J connectivity index is 2.40. The third-order valence-corrected chi connectivity index (χ3v) is 8.69. The van der Waals surface area contributed by atoms with Crippen molar-refractivity contribution in [1.29, 1.82) is 0 Å². The van der Waals surface area contributed by atoms with Crippen molar-refractivity contribution in [2.75, 3.05) is 0 Å². The molecular weight excluding hydrogens is 497 g/mol. The molecule has 0 N–H and O–H groups in total. The van der Waals surface area contributed by atoms with Crippen LogP contribution in [0.1, 0.15) is 110 Å². The van der Waals surface area contributed by atoms with Crippen LogP contribution in [0.2, 0.25) is 10.1 Å². The average molecular weight is 545 g/mol. The van der Waals surface area contributed by atoms with Crippen LogP contribution < -0.4 is 0 Å². The summed E-state index contributed by atoms with van der Waals surface area (Å²) in [7, 11) is 0.811. The molecule has 2 rings (SSSR count). The van der Waals surface area contributed by atoms with Gasteiger partial charge in [0.1, 0.15) is 0 Å². The van der Waals surface area contributed by atoms with Crippen LogP contribution in [0, 0.1) is 12.3 Å².